The van der Waals surface area contributed by atoms with Gasteiger partial charge in [0.05, 0.1) is 10.8 Å². The quantitative estimate of drug-likeness (QED) is 0.270. The van der Waals surface area contributed by atoms with Crippen molar-refractivity contribution in [1.29, 1.82) is 5.41 Å². The third-order valence-electron chi connectivity index (χ3n) is 4.78. The lowest BCUT2D eigenvalue weighted by molar-refractivity contribution is -0.127. The number of guanidine groups is 1. The van der Waals surface area contributed by atoms with E-state index in [1.807, 2.05) is 0 Å². The minimum absolute atomic E-state index is 0.0106. The van der Waals surface area contributed by atoms with Crippen LogP contribution in [0.1, 0.15) is 40.1 Å². The highest BCUT2D eigenvalue weighted by Crippen LogP contribution is 2.33. The molecule has 0 aliphatic rings. The fourth-order valence-electron chi connectivity index (χ4n) is 3.10. The summed E-state index contributed by atoms with van der Waals surface area (Å²) in [5.41, 5.74) is 7.64. The van der Waals surface area contributed by atoms with Gasteiger partial charge < -0.3 is 5.73 Å². The van der Waals surface area contributed by atoms with Crippen molar-refractivity contribution in [3.8, 4) is 11.1 Å². The zero-order valence-electron chi connectivity index (χ0n) is 16.6. The molecule has 0 aliphatic carbocycles. The zero-order valence-corrected chi connectivity index (χ0v) is 17.4. The Labute approximate surface area is 177 Å². The van der Waals surface area contributed by atoms with Gasteiger partial charge in [-0.1, -0.05) is 25.1 Å². The number of carbonyl (C=O) groups excluding carboxylic acids is 2. The summed E-state index contributed by atoms with van der Waals surface area (Å²) in [6.45, 7) is 1.78. The van der Waals surface area contributed by atoms with Crippen molar-refractivity contribution in [3.63, 3.8) is 0 Å². The first-order valence-electron chi connectivity index (χ1n) is 9.27. The predicted molar refractivity (Wildman–Crippen MR) is 115 cm³/mol. The van der Waals surface area contributed by atoms with E-state index in [2.05, 4.69) is 4.98 Å². The molecular weight excluding hydrogens is 403 g/mol. The molecule has 0 aliphatic heterocycles. The third-order valence-corrected chi connectivity index (χ3v) is 5.77. The van der Waals surface area contributed by atoms with Crippen LogP contribution in [-0.2, 0) is 4.79 Å². The molecule has 2 heterocycles. The number of hydrogen-bond donors (Lipinski definition) is 2. The molecule has 154 valence electrons. The van der Waals surface area contributed by atoms with Crippen LogP contribution >= 0.6 is 11.3 Å². The topological polar surface area (TPSA) is 100 Å². The molecule has 3 rings (SSSR count). The van der Waals surface area contributed by atoms with E-state index in [9.17, 15) is 14.0 Å². The number of halogens is 1. The number of likely N-dealkylation sites (N-methyl/N-ethyl adjacent to an activating group) is 1. The highest BCUT2D eigenvalue weighted by molar-refractivity contribution is 7.12. The summed E-state index contributed by atoms with van der Waals surface area (Å²) < 4.78 is 14.2. The third kappa shape index (κ3) is 4.28. The van der Waals surface area contributed by atoms with E-state index < -0.39 is 17.8 Å². The molecule has 1 amide bonds. The average Bonchev–Trinajstić information content (AvgIpc) is 3.22. The highest BCUT2D eigenvalue weighted by atomic mass is 32.1. The number of aromatic nitrogens is 1. The number of carbonyl (C=O) groups is 2. The first-order valence-corrected chi connectivity index (χ1v) is 10.2. The number of ketones is 1. The molecule has 2 aromatic heterocycles. The fourth-order valence-corrected chi connectivity index (χ4v) is 4.05. The van der Waals surface area contributed by atoms with Gasteiger partial charge in [-0.05, 0) is 46.3 Å². The highest BCUT2D eigenvalue weighted by Gasteiger charge is 2.29. The van der Waals surface area contributed by atoms with E-state index >= 15 is 0 Å². The summed E-state index contributed by atoms with van der Waals surface area (Å²) in [5, 5.41) is 9.39. The SMILES string of the molecule is CCC(=O)c1cc(C(C(=O)N(C)C(=N)N)c2cccc(-c3cccnc3F)c2)cs1. The van der Waals surface area contributed by atoms with E-state index in [0.29, 0.717) is 33.6 Å². The molecular formula is C22H21FN4O2S. The second kappa shape index (κ2) is 8.96. The van der Waals surface area contributed by atoms with Crippen molar-refractivity contribution in [3.05, 3.63) is 76.0 Å². The van der Waals surface area contributed by atoms with Crippen LogP contribution in [0.3, 0.4) is 0 Å². The first kappa shape index (κ1) is 21.3. The summed E-state index contributed by atoms with van der Waals surface area (Å²) in [7, 11) is 1.42. The Morgan fingerprint density at radius 2 is 2.00 bits per heavy atom. The molecule has 3 N–H and O–H groups in total. The van der Waals surface area contributed by atoms with Crippen LogP contribution in [0, 0.1) is 11.4 Å². The number of nitrogens with one attached hydrogen (secondary N) is 1. The summed E-state index contributed by atoms with van der Waals surface area (Å²) in [6, 6.07) is 11.9. The molecule has 1 atom stereocenters. The van der Waals surface area contributed by atoms with Crippen LogP contribution in [0.4, 0.5) is 4.39 Å². The first-order chi connectivity index (χ1) is 14.3. The van der Waals surface area contributed by atoms with Crippen molar-refractivity contribution in [2.75, 3.05) is 7.05 Å². The Kier molecular flexibility index (Phi) is 6.37. The van der Waals surface area contributed by atoms with Crippen LogP contribution in [0.15, 0.2) is 54.0 Å². The summed E-state index contributed by atoms with van der Waals surface area (Å²) in [5.74, 6) is -2.22. The number of pyridine rings is 1. The Hall–Kier alpha value is -3.39. The molecule has 6 nitrogen and oxygen atoms in total. The number of nitrogens with two attached hydrogens (primary N) is 1. The van der Waals surface area contributed by atoms with Crippen LogP contribution in [0.2, 0.25) is 0 Å². The smallest absolute Gasteiger partial charge is 0.241 e. The lowest BCUT2D eigenvalue weighted by Gasteiger charge is -2.23. The van der Waals surface area contributed by atoms with Crippen molar-refractivity contribution >= 4 is 29.0 Å². The van der Waals surface area contributed by atoms with Crippen LogP contribution in [0.25, 0.3) is 11.1 Å². The van der Waals surface area contributed by atoms with E-state index in [1.165, 1.54) is 24.6 Å². The summed E-state index contributed by atoms with van der Waals surface area (Å²) >= 11 is 1.27. The second-order valence-electron chi connectivity index (χ2n) is 6.70. The van der Waals surface area contributed by atoms with Gasteiger partial charge in [-0.2, -0.15) is 4.39 Å². The van der Waals surface area contributed by atoms with Crippen LogP contribution in [-0.4, -0.2) is 34.6 Å². The summed E-state index contributed by atoms with van der Waals surface area (Å²) in [4.78, 5) is 30.6. The van der Waals surface area contributed by atoms with Crippen molar-refractivity contribution in [2.24, 2.45) is 5.73 Å². The molecule has 1 unspecified atom stereocenters. The molecule has 1 aromatic carbocycles. The van der Waals surface area contributed by atoms with Crippen molar-refractivity contribution in [2.45, 2.75) is 19.3 Å². The molecule has 0 spiro atoms. The average molecular weight is 425 g/mol. The maximum Gasteiger partial charge on any atom is 0.241 e. The molecule has 0 bridgehead atoms. The van der Waals surface area contributed by atoms with Gasteiger partial charge in [-0.25, -0.2) is 4.98 Å². The van der Waals surface area contributed by atoms with Gasteiger partial charge in [0, 0.05) is 25.2 Å². The molecule has 0 saturated carbocycles. The second-order valence-corrected chi connectivity index (χ2v) is 7.61. The number of thiophene rings is 1. The molecule has 8 heteroatoms. The van der Waals surface area contributed by atoms with Gasteiger partial charge in [-0.15, -0.1) is 11.3 Å². The monoisotopic (exact) mass is 424 g/mol. The van der Waals surface area contributed by atoms with Gasteiger partial charge in [-0.3, -0.25) is 19.9 Å². The van der Waals surface area contributed by atoms with E-state index in [1.54, 1.807) is 54.8 Å². The van der Waals surface area contributed by atoms with Gasteiger partial charge in [0.2, 0.25) is 11.9 Å². The van der Waals surface area contributed by atoms with E-state index in [4.69, 9.17) is 11.1 Å². The number of amides is 1. The lowest BCUT2D eigenvalue weighted by atomic mass is 9.89. The van der Waals surface area contributed by atoms with Gasteiger partial charge in [0.1, 0.15) is 0 Å². The van der Waals surface area contributed by atoms with Gasteiger partial charge in [0.25, 0.3) is 0 Å². The molecule has 0 radical (unpaired) electrons. The Bertz CT molecular complexity index is 1110. The fraction of sp³-hybridized carbons (Fsp3) is 0.182. The molecule has 0 fully saturated rings. The zero-order chi connectivity index (χ0) is 21.8. The normalized spacial score (nSPS) is 11.7. The minimum atomic E-state index is -0.798. The molecule has 30 heavy (non-hydrogen) atoms. The van der Waals surface area contributed by atoms with Crippen LogP contribution < -0.4 is 5.73 Å². The number of nitrogens with zero attached hydrogens (tertiary/aromatic N) is 2. The molecule has 0 saturated heterocycles. The van der Waals surface area contributed by atoms with E-state index in [-0.39, 0.29) is 11.7 Å². The largest absolute Gasteiger partial charge is 0.370 e. The maximum atomic E-state index is 14.2. The number of benzene rings is 1. The number of hydrogen-bond acceptors (Lipinski definition) is 5. The van der Waals surface area contributed by atoms with Crippen molar-refractivity contribution < 1.29 is 14.0 Å². The van der Waals surface area contributed by atoms with Gasteiger partial charge >= 0.3 is 0 Å². The maximum absolute atomic E-state index is 14.2. The standard InChI is InChI=1S/C22H21FN4O2S/c1-3-17(28)18-11-15(12-30-18)19(21(29)27(2)22(24)25)14-7-4-6-13(10-14)16-8-5-9-26-20(16)23/h4-12,19H,3H2,1-2H3,(H3,24,25). The van der Waals surface area contributed by atoms with Gasteiger partial charge in [0.15, 0.2) is 11.7 Å². The van der Waals surface area contributed by atoms with E-state index in [0.717, 1.165) is 4.90 Å². The Balaban J connectivity index is 2.11. The Morgan fingerprint density at radius 1 is 1.23 bits per heavy atom. The summed E-state index contributed by atoms with van der Waals surface area (Å²) in [6.07, 6.45) is 1.73. The Morgan fingerprint density at radius 3 is 2.67 bits per heavy atom. The van der Waals surface area contributed by atoms with Crippen LogP contribution in [0.5, 0.6) is 0 Å². The molecule has 3 aromatic rings. The van der Waals surface area contributed by atoms with Crippen molar-refractivity contribution in [1.82, 2.24) is 9.88 Å². The lowest BCUT2D eigenvalue weighted by Crippen LogP contribution is -2.41. The minimum Gasteiger partial charge on any atom is -0.370 e. The number of Topliss-reactive ketones (excluding diaryl/α,β-unsaturated/α-hetero) is 1. The number of rotatable bonds is 6. The predicted octanol–water partition coefficient (Wildman–Crippen LogP) is 4.03.